The molecule has 0 fully saturated rings. The Morgan fingerprint density at radius 2 is 2.23 bits per heavy atom. The number of hydrogen-bond acceptors (Lipinski definition) is 2. The van der Waals surface area contributed by atoms with Gasteiger partial charge in [-0.1, -0.05) is 19.1 Å². The van der Waals surface area contributed by atoms with Gasteiger partial charge in [-0.25, -0.2) is 0 Å². The van der Waals surface area contributed by atoms with Crippen molar-refractivity contribution in [3.8, 4) is 0 Å². The van der Waals surface area contributed by atoms with Crippen LogP contribution in [0.1, 0.15) is 13.3 Å². The number of carbonyl (C=O) groups is 1. The molecule has 1 aromatic rings. The Morgan fingerprint density at radius 3 is 3.08 bits per heavy atom. The molecular formula is C10H11NOS. The second-order valence-corrected chi connectivity index (χ2v) is 4.66. The number of fused-ring (bicyclic) bond motifs is 1. The lowest BCUT2D eigenvalue weighted by Gasteiger charge is -2.05. The molecule has 0 radical (unpaired) electrons. The van der Waals surface area contributed by atoms with Gasteiger partial charge < -0.3 is 5.32 Å². The van der Waals surface area contributed by atoms with Crippen molar-refractivity contribution in [3.05, 3.63) is 24.3 Å². The van der Waals surface area contributed by atoms with Crippen LogP contribution in [0.25, 0.3) is 0 Å². The second kappa shape index (κ2) is 3.42. The summed E-state index contributed by atoms with van der Waals surface area (Å²) in [5, 5.41) is 3.26. The first-order valence-corrected chi connectivity index (χ1v) is 5.19. The highest BCUT2D eigenvalue weighted by Crippen LogP contribution is 2.34. The summed E-state index contributed by atoms with van der Waals surface area (Å²) in [7, 11) is 0. The van der Waals surface area contributed by atoms with Gasteiger partial charge in [-0.05, 0) is 12.1 Å². The van der Waals surface area contributed by atoms with Gasteiger partial charge in [0, 0.05) is 16.6 Å². The van der Waals surface area contributed by atoms with Gasteiger partial charge in [0.2, 0.25) is 5.91 Å². The van der Waals surface area contributed by atoms with Gasteiger partial charge in [0.15, 0.2) is 0 Å². The lowest BCUT2D eigenvalue weighted by Crippen LogP contribution is -2.12. The summed E-state index contributed by atoms with van der Waals surface area (Å²) in [4.78, 5) is 12.5. The van der Waals surface area contributed by atoms with Crippen molar-refractivity contribution in [3.63, 3.8) is 0 Å². The fourth-order valence-corrected chi connectivity index (χ4v) is 2.46. The average molecular weight is 193 g/mol. The molecule has 0 saturated heterocycles. The van der Waals surface area contributed by atoms with E-state index in [1.165, 1.54) is 4.90 Å². The summed E-state index contributed by atoms with van der Waals surface area (Å²) < 4.78 is 0. The molecule has 0 bridgehead atoms. The maximum atomic E-state index is 11.3. The molecule has 1 aliphatic rings. The Hall–Kier alpha value is -0.960. The minimum absolute atomic E-state index is 0.116. The summed E-state index contributed by atoms with van der Waals surface area (Å²) in [6.07, 6.45) is 0.597. The van der Waals surface area contributed by atoms with Crippen LogP contribution in [0, 0.1) is 0 Å². The van der Waals surface area contributed by atoms with Crippen LogP contribution in [-0.4, -0.2) is 11.2 Å². The molecule has 68 valence electrons. The van der Waals surface area contributed by atoms with Gasteiger partial charge in [-0.15, -0.1) is 11.8 Å². The van der Waals surface area contributed by atoms with E-state index >= 15 is 0 Å². The zero-order valence-corrected chi connectivity index (χ0v) is 8.23. The van der Waals surface area contributed by atoms with E-state index < -0.39 is 0 Å². The molecular weight excluding hydrogens is 182 g/mol. The molecule has 13 heavy (non-hydrogen) atoms. The molecule has 0 aliphatic carbocycles. The second-order valence-electron chi connectivity index (χ2n) is 3.18. The first-order valence-electron chi connectivity index (χ1n) is 4.31. The molecule has 2 rings (SSSR count). The third-order valence-electron chi connectivity index (χ3n) is 1.96. The van der Waals surface area contributed by atoms with E-state index in [1.54, 1.807) is 11.8 Å². The van der Waals surface area contributed by atoms with Crippen molar-refractivity contribution in [2.45, 2.75) is 23.5 Å². The van der Waals surface area contributed by atoms with Gasteiger partial charge in [0.25, 0.3) is 0 Å². The number of rotatable bonds is 0. The van der Waals surface area contributed by atoms with E-state index in [0.29, 0.717) is 11.7 Å². The predicted octanol–water partition coefficient (Wildman–Crippen LogP) is 2.51. The predicted molar refractivity (Wildman–Crippen MR) is 55.0 cm³/mol. The third-order valence-corrected chi connectivity index (χ3v) is 3.14. The zero-order valence-electron chi connectivity index (χ0n) is 7.41. The van der Waals surface area contributed by atoms with Crippen LogP contribution < -0.4 is 5.32 Å². The highest BCUT2D eigenvalue weighted by Gasteiger charge is 2.17. The molecule has 1 amide bonds. The van der Waals surface area contributed by atoms with Crippen LogP contribution >= 0.6 is 11.8 Å². The smallest absolute Gasteiger partial charge is 0.225 e. The molecule has 1 aliphatic heterocycles. The standard InChI is InChI=1S/C10H11NOS/c1-7-6-10(12)11-8-4-2-3-5-9(8)13-7/h2-5,7H,6H2,1H3,(H,11,12)/t7-/m1/s1. The normalized spacial score (nSPS) is 21.6. The van der Waals surface area contributed by atoms with E-state index in [9.17, 15) is 4.79 Å². The molecule has 2 nitrogen and oxygen atoms in total. The molecule has 1 heterocycles. The van der Waals surface area contributed by atoms with E-state index in [0.717, 1.165) is 5.69 Å². The van der Waals surface area contributed by atoms with Crippen molar-refractivity contribution in [1.82, 2.24) is 0 Å². The Balaban J connectivity index is 2.38. The molecule has 1 aromatic carbocycles. The number of nitrogens with one attached hydrogen (secondary N) is 1. The number of thioether (sulfide) groups is 1. The SMILES string of the molecule is C[C@@H]1CC(=O)Nc2ccccc2S1. The summed E-state index contributed by atoms with van der Waals surface area (Å²) in [5.41, 5.74) is 0.946. The molecule has 1 atom stereocenters. The van der Waals surface area contributed by atoms with Crippen LogP contribution in [0.3, 0.4) is 0 Å². The molecule has 0 aromatic heterocycles. The Labute approximate surface area is 81.7 Å². The summed E-state index contributed by atoms with van der Waals surface area (Å²) >= 11 is 1.75. The molecule has 0 saturated carbocycles. The van der Waals surface area contributed by atoms with Crippen LogP contribution in [0.4, 0.5) is 5.69 Å². The van der Waals surface area contributed by atoms with E-state index in [4.69, 9.17) is 0 Å². The Morgan fingerprint density at radius 1 is 1.46 bits per heavy atom. The van der Waals surface area contributed by atoms with Crippen molar-refractivity contribution in [1.29, 1.82) is 0 Å². The van der Waals surface area contributed by atoms with Gasteiger partial charge in [-0.3, -0.25) is 4.79 Å². The van der Waals surface area contributed by atoms with Gasteiger partial charge in [-0.2, -0.15) is 0 Å². The maximum absolute atomic E-state index is 11.3. The molecule has 0 unspecified atom stereocenters. The minimum Gasteiger partial charge on any atom is -0.325 e. The molecule has 0 spiro atoms. The van der Waals surface area contributed by atoms with E-state index in [1.807, 2.05) is 24.3 Å². The summed E-state index contributed by atoms with van der Waals surface area (Å²) in [6.45, 7) is 2.08. The fourth-order valence-electron chi connectivity index (χ4n) is 1.39. The van der Waals surface area contributed by atoms with Crippen LogP contribution in [0.15, 0.2) is 29.2 Å². The highest BCUT2D eigenvalue weighted by atomic mass is 32.2. The summed E-state index contributed by atoms with van der Waals surface area (Å²) in [5.74, 6) is 0.116. The highest BCUT2D eigenvalue weighted by molar-refractivity contribution is 8.00. The van der Waals surface area contributed by atoms with Gasteiger partial charge >= 0.3 is 0 Å². The Kier molecular flexibility index (Phi) is 2.27. The van der Waals surface area contributed by atoms with Gasteiger partial charge in [0.1, 0.15) is 0 Å². The van der Waals surface area contributed by atoms with Crippen LogP contribution in [-0.2, 0) is 4.79 Å². The number of anilines is 1. The van der Waals surface area contributed by atoms with Crippen molar-refractivity contribution in [2.75, 3.05) is 5.32 Å². The van der Waals surface area contributed by atoms with Crippen molar-refractivity contribution >= 4 is 23.4 Å². The van der Waals surface area contributed by atoms with Crippen molar-refractivity contribution < 1.29 is 4.79 Å². The largest absolute Gasteiger partial charge is 0.325 e. The van der Waals surface area contributed by atoms with E-state index in [2.05, 4.69) is 12.2 Å². The number of amides is 1. The third kappa shape index (κ3) is 1.86. The number of benzene rings is 1. The molecule has 3 heteroatoms. The topological polar surface area (TPSA) is 29.1 Å². The number of para-hydroxylation sites is 1. The van der Waals surface area contributed by atoms with Crippen molar-refractivity contribution in [2.24, 2.45) is 0 Å². The summed E-state index contributed by atoms with van der Waals surface area (Å²) in [6, 6.07) is 7.92. The first kappa shape index (κ1) is 8.63. The number of hydrogen-bond donors (Lipinski definition) is 1. The monoisotopic (exact) mass is 193 g/mol. The Bertz CT molecular complexity index is 337. The number of carbonyl (C=O) groups excluding carboxylic acids is 1. The van der Waals surface area contributed by atoms with Crippen LogP contribution in [0.2, 0.25) is 0 Å². The maximum Gasteiger partial charge on any atom is 0.225 e. The zero-order chi connectivity index (χ0) is 9.26. The lowest BCUT2D eigenvalue weighted by atomic mass is 10.3. The average Bonchev–Trinajstić information content (AvgIpc) is 2.20. The molecule has 1 N–H and O–H groups in total. The van der Waals surface area contributed by atoms with Crippen LogP contribution in [0.5, 0.6) is 0 Å². The van der Waals surface area contributed by atoms with E-state index in [-0.39, 0.29) is 5.91 Å². The quantitative estimate of drug-likeness (QED) is 0.686. The first-order chi connectivity index (χ1) is 6.25. The lowest BCUT2D eigenvalue weighted by molar-refractivity contribution is -0.116. The fraction of sp³-hybridized carbons (Fsp3) is 0.300. The van der Waals surface area contributed by atoms with Gasteiger partial charge in [0.05, 0.1) is 5.69 Å². The minimum atomic E-state index is 0.116.